The van der Waals surface area contributed by atoms with E-state index in [1.807, 2.05) is 17.9 Å². The minimum Gasteiger partial charge on any atom is -0.354 e. The van der Waals surface area contributed by atoms with Crippen LogP contribution in [0.1, 0.15) is 19.8 Å². The molecule has 1 N–H and O–H groups in total. The van der Waals surface area contributed by atoms with Crippen LogP contribution in [-0.2, 0) is 4.79 Å². The van der Waals surface area contributed by atoms with Crippen molar-refractivity contribution in [1.82, 2.24) is 10.2 Å². The second kappa shape index (κ2) is 7.78. The molecule has 0 aliphatic heterocycles. The van der Waals surface area contributed by atoms with E-state index in [-0.39, 0.29) is 18.5 Å². The number of nitrogens with zero attached hydrogens (tertiary/aromatic N) is 3. The second-order valence-electron chi connectivity index (χ2n) is 3.38. The van der Waals surface area contributed by atoms with Crippen molar-refractivity contribution in [3.05, 3.63) is 0 Å². The van der Waals surface area contributed by atoms with Crippen LogP contribution in [0.2, 0.25) is 0 Å². The Morgan fingerprint density at radius 2 is 2.13 bits per heavy atom. The molecule has 0 bridgehead atoms. The number of rotatable bonds is 6. The molecule has 0 aromatic rings. The first-order chi connectivity index (χ1) is 7.11. The third-order valence-corrected chi connectivity index (χ3v) is 2.09. The van der Waals surface area contributed by atoms with E-state index in [9.17, 15) is 4.79 Å². The number of hydrogen-bond donors (Lipinski definition) is 1. The number of carbonyl (C=O) groups excluding carboxylic acids is 1. The van der Waals surface area contributed by atoms with E-state index in [0.29, 0.717) is 19.4 Å². The molecule has 5 nitrogen and oxygen atoms in total. The molecule has 0 aliphatic carbocycles. The fraction of sp³-hybridized carbons (Fsp3) is 0.700. The predicted molar refractivity (Wildman–Crippen MR) is 55.6 cm³/mol. The van der Waals surface area contributed by atoms with Crippen molar-refractivity contribution in [1.29, 1.82) is 10.5 Å². The summed E-state index contributed by atoms with van der Waals surface area (Å²) < 4.78 is 0. The monoisotopic (exact) mass is 208 g/mol. The van der Waals surface area contributed by atoms with Gasteiger partial charge in [0.1, 0.15) is 0 Å². The van der Waals surface area contributed by atoms with Crippen LogP contribution in [0.3, 0.4) is 0 Å². The summed E-state index contributed by atoms with van der Waals surface area (Å²) in [6, 6.07) is 4.07. The molecule has 0 aromatic carbocycles. The summed E-state index contributed by atoms with van der Waals surface area (Å²) in [5, 5.41) is 19.4. The zero-order valence-corrected chi connectivity index (χ0v) is 9.16. The van der Waals surface area contributed by atoms with Crippen LogP contribution in [0.4, 0.5) is 0 Å². The maximum Gasteiger partial charge on any atom is 0.234 e. The Morgan fingerprint density at radius 3 is 2.67 bits per heavy atom. The summed E-state index contributed by atoms with van der Waals surface area (Å²) in [6.07, 6.45) is 0.727. The van der Waals surface area contributed by atoms with Crippen molar-refractivity contribution in [2.75, 3.05) is 20.1 Å². The highest BCUT2D eigenvalue weighted by atomic mass is 16.2. The lowest BCUT2D eigenvalue weighted by Gasteiger charge is -2.21. The van der Waals surface area contributed by atoms with E-state index in [1.54, 1.807) is 7.05 Å². The van der Waals surface area contributed by atoms with E-state index in [1.165, 1.54) is 0 Å². The number of nitriles is 2. The molecule has 0 heterocycles. The Labute approximate surface area is 90.3 Å². The SMILES string of the molecule is CC(CC#N)N(C)CC(=O)NCCC#N. The predicted octanol–water partition coefficient (Wildman–Crippen LogP) is 0.250. The van der Waals surface area contributed by atoms with Gasteiger partial charge in [-0.25, -0.2) is 0 Å². The Bertz CT molecular complexity index is 276. The average molecular weight is 208 g/mol. The van der Waals surface area contributed by atoms with Crippen LogP contribution >= 0.6 is 0 Å². The lowest BCUT2D eigenvalue weighted by molar-refractivity contribution is -0.122. The molecule has 0 saturated heterocycles. The number of nitrogens with one attached hydrogen (secondary N) is 1. The molecule has 1 amide bonds. The standard InChI is InChI=1S/C10H16N4O/c1-9(4-6-12)14(2)8-10(15)13-7-3-5-11/h9H,3-4,7-8H2,1-2H3,(H,13,15). The minimum absolute atomic E-state index is 0.0664. The Morgan fingerprint density at radius 1 is 1.47 bits per heavy atom. The first-order valence-corrected chi connectivity index (χ1v) is 4.82. The van der Waals surface area contributed by atoms with E-state index in [0.717, 1.165) is 0 Å². The molecule has 82 valence electrons. The van der Waals surface area contributed by atoms with E-state index >= 15 is 0 Å². The zero-order valence-electron chi connectivity index (χ0n) is 9.16. The average Bonchev–Trinajstić information content (AvgIpc) is 2.18. The zero-order chi connectivity index (χ0) is 11.7. The highest BCUT2D eigenvalue weighted by Gasteiger charge is 2.11. The van der Waals surface area contributed by atoms with Crippen molar-refractivity contribution >= 4 is 5.91 Å². The van der Waals surface area contributed by atoms with Crippen LogP contribution in [-0.4, -0.2) is 37.0 Å². The van der Waals surface area contributed by atoms with Gasteiger partial charge in [-0.3, -0.25) is 9.69 Å². The number of carbonyl (C=O) groups is 1. The summed E-state index contributed by atoms with van der Waals surface area (Å²) >= 11 is 0. The molecule has 0 fully saturated rings. The van der Waals surface area contributed by atoms with Crippen LogP contribution in [0.5, 0.6) is 0 Å². The molecule has 0 aliphatic rings. The van der Waals surface area contributed by atoms with Gasteiger partial charge in [0, 0.05) is 12.6 Å². The topological polar surface area (TPSA) is 79.9 Å². The molecule has 1 unspecified atom stereocenters. The van der Waals surface area contributed by atoms with Gasteiger partial charge in [-0.05, 0) is 14.0 Å². The van der Waals surface area contributed by atoms with Crippen molar-refractivity contribution in [3.8, 4) is 12.1 Å². The number of likely N-dealkylation sites (N-methyl/N-ethyl adjacent to an activating group) is 1. The summed E-state index contributed by atoms with van der Waals surface area (Å²) in [5.74, 6) is -0.113. The first kappa shape index (κ1) is 13.4. The third-order valence-electron chi connectivity index (χ3n) is 2.09. The molecule has 0 rings (SSSR count). The van der Waals surface area contributed by atoms with Crippen molar-refractivity contribution < 1.29 is 4.79 Å². The van der Waals surface area contributed by atoms with E-state index in [2.05, 4.69) is 11.4 Å². The maximum atomic E-state index is 11.3. The van der Waals surface area contributed by atoms with E-state index < -0.39 is 0 Å². The molecule has 5 heteroatoms. The molecule has 0 saturated carbocycles. The Hall–Kier alpha value is -1.59. The Kier molecular flexibility index (Phi) is 6.96. The number of hydrogen-bond acceptors (Lipinski definition) is 4. The third kappa shape index (κ3) is 6.48. The van der Waals surface area contributed by atoms with Gasteiger partial charge in [0.05, 0.1) is 31.5 Å². The van der Waals surface area contributed by atoms with Gasteiger partial charge in [0.2, 0.25) is 5.91 Å². The Balaban J connectivity index is 3.77. The molecule has 0 aromatic heterocycles. The smallest absolute Gasteiger partial charge is 0.234 e. The summed E-state index contributed by atoms with van der Waals surface area (Å²) in [4.78, 5) is 13.1. The quantitative estimate of drug-likeness (QED) is 0.634. The fourth-order valence-corrected chi connectivity index (χ4v) is 0.984. The van der Waals surface area contributed by atoms with Gasteiger partial charge in [-0.1, -0.05) is 0 Å². The highest BCUT2D eigenvalue weighted by Crippen LogP contribution is 1.98. The van der Waals surface area contributed by atoms with Crippen LogP contribution in [0.25, 0.3) is 0 Å². The van der Waals surface area contributed by atoms with Crippen molar-refractivity contribution in [2.24, 2.45) is 0 Å². The second-order valence-corrected chi connectivity index (χ2v) is 3.38. The molecular formula is C10H16N4O. The van der Waals surface area contributed by atoms with Crippen LogP contribution < -0.4 is 5.32 Å². The molecule has 0 radical (unpaired) electrons. The summed E-state index contributed by atoms with van der Waals surface area (Å²) in [5.41, 5.74) is 0. The summed E-state index contributed by atoms with van der Waals surface area (Å²) in [6.45, 7) is 2.54. The van der Waals surface area contributed by atoms with Gasteiger partial charge in [0.25, 0.3) is 0 Å². The van der Waals surface area contributed by atoms with Crippen LogP contribution in [0.15, 0.2) is 0 Å². The van der Waals surface area contributed by atoms with E-state index in [4.69, 9.17) is 10.5 Å². The van der Waals surface area contributed by atoms with Gasteiger partial charge < -0.3 is 5.32 Å². The van der Waals surface area contributed by atoms with Crippen molar-refractivity contribution in [2.45, 2.75) is 25.8 Å². The molecular weight excluding hydrogens is 192 g/mol. The normalized spacial score (nSPS) is 11.5. The van der Waals surface area contributed by atoms with Gasteiger partial charge in [0.15, 0.2) is 0 Å². The van der Waals surface area contributed by atoms with Gasteiger partial charge in [-0.2, -0.15) is 10.5 Å². The van der Waals surface area contributed by atoms with Gasteiger partial charge >= 0.3 is 0 Å². The number of amides is 1. The van der Waals surface area contributed by atoms with Gasteiger partial charge in [-0.15, -0.1) is 0 Å². The molecule has 1 atom stereocenters. The largest absolute Gasteiger partial charge is 0.354 e. The first-order valence-electron chi connectivity index (χ1n) is 4.82. The summed E-state index contributed by atoms with van der Waals surface area (Å²) in [7, 11) is 1.80. The minimum atomic E-state index is -0.113. The molecule has 0 spiro atoms. The highest BCUT2D eigenvalue weighted by molar-refractivity contribution is 5.77. The molecule has 15 heavy (non-hydrogen) atoms. The van der Waals surface area contributed by atoms with Crippen molar-refractivity contribution in [3.63, 3.8) is 0 Å². The lowest BCUT2D eigenvalue weighted by Crippen LogP contribution is -2.39. The van der Waals surface area contributed by atoms with Crippen LogP contribution in [0, 0.1) is 22.7 Å². The fourth-order valence-electron chi connectivity index (χ4n) is 0.984. The maximum absolute atomic E-state index is 11.3. The lowest BCUT2D eigenvalue weighted by atomic mass is 10.2.